The number of hydrogen-bond acceptors (Lipinski definition) is 2. The largest absolute Gasteiger partial charge is 0.333 e. The zero-order chi connectivity index (χ0) is 11.5. The molecule has 0 bridgehead atoms. The number of imidazole rings is 1. The lowest BCUT2D eigenvalue weighted by molar-refractivity contribution is 0.320. The Hall–Kier alpha value is -0.830. The maximum Gasteiger partial charge on any atom is 0.0949 e. The van der Waals surface area contributed by atoms with E-state index in [4.69, 9.17) is 0 Å². The molecule has 1 heterocycles. The second-order valence-corrected chi connectivity index (χ2v) is 5.31. The van der Waals surface area contributed by atoms with Crippen LogP contribution < -0.4 is 5.32 Å². The summed E-state index contributed by atoms with van der Waals surface area (Å²) in [4.78, 5) is 4.15. The fraction of sp³-hybridized carbons (Fsp3) is 0.769. The van der Waals surface area contributed by atoms with E-state index in [1.807, 2.05) is 12.5 Å². The standard InChI is InChI=1S/C13H23N3/c1-10(2)11(3)15-12-5-4-6-13(12)16-8-7-14-9-16/h7-13,15H,4-6H2,1-3H3. The van der Waals surface area contributed by atoms with Gasteiger partial charge in [0.05, 0.1) is 6.33 Å². The van der Waals surface area contributed by atoms with Crippen molar-refractivity contribution in [2.24, 2.45) is 5.92 Å². The van der Waals surface area contributed by atoms with E-state index in [-0.39, 0.29) is 0 Å². The minimum Gasteiger partial charge on any atom is -0.333 e. The molecule has 0 aliphatic heterocycles. The summed E-state index contributed by atoms with van der Waals surface area (Å²) in [5.41, 5.74) is 0. The quantitative estimate of drug-likeness (QED) is 0.847. The van der Waals surface area contributed by atoms with Crippen LogP contribution in [0.25, 0.3) is 0 Å². The molecular weight excluding hydrogens is 198 g/mol. The topological polar surface area (TPSA) is 29.9 Å². The van der Waals surface area contributed by atoms with E-state index < -0.39 is 0 Å². The Kier molecular flexibility index (Phi) is 3.64. The zero-order valence-corrected chi connectivity index (χ0v) is 10.6. The number of hydrogen-bond donors (Lipinski definition) is 1. The summed E-state index contributed by atoms with van der Waals surface area (Å²) in [7, 11) is 0. The highest BCUT2D eigenvalue weighted by atomic mass is 15.1. The molecule has 1 aliphatic rings. The number of nitrogens with one attached hydrogen (secondary N) is 1. The van der Waals surface area contributed by atoms with E-state index in [2.05, 4.69) is 41.8 Å². The lowest BCUT2D eigenvalue weighted by Gasteiger charge is -2.27. The fourth-order valence-corrected chi connectivity index (χ4v) is 2.49. The van der Waals surface area contributed by atoms with Gasteiger partial charge in [0.25, 0.3) is 0 Å². The first-order valence-electron chi connectivity index (χ1n) is 6.42. The van der Waals surface area contributed by atoms with Gasteiger partial charge in [0.1, 0.15) is 0 Å². The van der Waals surface area contributed by atoms with Crippen LogP contribution in [0, 0.1) is 5.92 Å². The maximum atomic E-state index is 4.15. The Labute approximate surface area is 98.3 Å². The summed E-state index contributed by atoms with van der Waals surface area (Å²) < 4.78 is 2.26. The Morgan fingerprint density at radius 1 is 1.31 bits per heavy atom. The molecule has 0 amide bonds. The Morgan fingerprint density at radius 2 is 2.12 bits per heavy atom. The van der Waals surface area contributed by atoms with Crippen LogP contribution in [0.2, 0.25) is 0 Å². The minimum atomic E-state index is 0.592. The van der Waals surface area contributed by atoms with E-state index in [0.717, 1.165) is 0 Å². The van der Waals surface area contributed by atoms with Crippen molar-refractivity contribution in [2.45, 2.75) is 58.2 Å². The molecule has 0 saturated heterocycles. The third-order valence-corrected chi connectivity index (χ3v) is 3.86. The van der Waals surface area contributed by atoms with Gasteiger partial charge in [-0.15, -0.1) is 0 Å². The van der Waals surface area contributed by atoms with E-state index in [9.17, 15) is 0 Å². The second-order valence-electron chi connectivity index (χ2n) is 5.31. The second kappa shape index (κ2) is 5.00. The summed E-state index contributed by atoms with van der Waals surface area (Å²) in [6.07, 6.45) is 9.81. The van der Waals surface area contributed by atoms with Crippen molar-refractivity contribution in [1.29, 1.82) is 0 Å². The van der Waals surface area contributed by atoms with Crippen LogP contribution in [-0.2, 0) is 0 Å². The van der Waals surface area contributed by atoms with Gasteiger partial charge < -0.3 is 9.88 Å². The summed E-state index contributed by atoms with van der Waals surface area (Å²) in [5, 5.41) is 3.77. The normalized spacial score (nSPS) is 27.5. The molecule has 1 saturated carbocycles. The van der Waals surface area contributed by atoms with Crippen LogP contribution in [0.5, 0.6) is 0 Å². The lowest BCUT2D eigenvalue weighted by atomic mass is 10.0. The molecule has 2 rings (SSSR count). The molecular formula is C13H23N3. The highest BCUT2D eigenvalue weighted by molar-refractivity contribution is 4.92. The van der Waals surface area contributed by atoms with Gasteiger partial charge in [-0.1, -0.05) is 13.8 Å². The molecule has 90 valence electrons. The van der Waals surface area contributed by atoms with Crippen molar-refractivity contribution in [3.63, 3.8) is 0 Å². The van der Waals surface area contributed by atoms with Crippen LogP contribution in [0.3, 0.4) is 0 Å². The van der Waals surface area contributed by atoms with E-state index >= 15 is 0 Å². The van der Waals surface area contributed by atoms with Crippen LogP contribution in [0.4, 0.5) is 0 Å². The van der Waals surface area contributed by atoms with Crippen LogP contribution >= 0.6 is 0 Å². The first-order valence-corrected chi connectivity index (χ1v) is 6.42. The SMILES string of the molecule is CC(C)C(C)NC1CCCC1n1ccnc1. The fourth-order valence-electron chi connectivity index (χ4n) is 2.49. The molecule has 16 heavy (non-hydrogen) atoms. The number of rotatable bonds is 4. The highest BCUT2D eigenvalue weighted by Gasteiger charge is 2.29. The van der Waals surface area contributed by atoms with Crippen molar-refractivity contribution in [1.82, 2.24) is 14.9 Å². The number of aromatic nitrogens is 2. The Bertz CT molecular complexity index is 305. The predicted octanol–water partition coefficient (Wildman–Crippen LogP) is 2.61. The van der Waals surface area contributed by atoms with Gasteiger partial charge in [0.2, 0.25) is 0 Å². The molecule has 3 nitrogen and oxygen atoms in total. The molecule has 3 unspecified atom stereocenters. The monoisotopic (exact) mass is 221 g/mol. The minimum absolute atomic E-state index is 0.592. The third-order valence-electron chi connectivity index (χ3n) is 3.86. The lowest BCUT2D eigenvalue weighted by Crippen LogP contribution is -2.41. The molecule has 1 aromatic heterocycles. The van der Waals surface area contributed by atoms with Gasteiger partial charge in [-0.2, -0.15) is 0 Å². The molecule has 1 aliphatic carbocycles. The van der Waals surface area contributed by atoms with Crippen LogP contribution in [-0.4, -0.2) is 21.6 Å². The van der Waals surface area contributed by atoms with Crippen molar-refractivity contribution >= 4 is 0 Å². The van der Waals surface area contributed by atoms with Gasteiger partial charge in [-0.25, -0.2) is 4.98 Å². The summed E-state index contributed by atoms with van der Waals surface area (Å²) >= 11 is 0. The Balaban J connectivity index is 1.99. The van der Waals surface area contributed by atoms with E-state index in [0.29, 0.717) is 24.0 Å². The smallest absolute Gasteiger partial charge is 0.0949 e. The van der Waals surface area contributed by atoms with Crippen LogP contribution in [0.1, 0.15) is 46.1 Å². The van der Waals surface area contributed by atoms with Crippen molar-refractivity contribution in [3.8, 4) is 0 Å². The van der Waals surface area contributed by atoms with Crippen molar-refractivity contribution in [2.75, 3.05) is 0 Å². The molecule has 3 heteroatoms. The average molecular weight is 221 g/mol. The van der Waals surface area contributed by atoms with Crippen molar-refractivity contribution < 1.29 is 0 Å². The van der Waals surface area contributed by atoms with E-state index in [1.54, 1.807) is 0 Å². The molecule has 1 N–H and O–H groups in total. The summed E-state index contributed by atoms with van der Waals surface area (Å²) in [6.45, 7) is 6.84. The van der Waals surface area contributed by atoms with Gasteiger partial charge in [-0.05, 0) is 32.1 Å². The molecule has 1 fully saturated rings. The molecule has 3 atom stereocenters. The molecule has 0 aromatic carbocycles. The summed E-state index contributed by atoms with van der Waals surface area (Å²) in [5.74, 6) is 0.698. The summed E-state index contributed by atoms with van der Waals surface area (Å²) in [6, 6.07) is 1.81. The van der Waals surface area contributed by atoms with Gasteiger partial charge in [-0.3, -0.25) is 0 Å². The number of nitrogens with zero attached hydrogens (tertiary/aromatic N) is 2. The average Bonchev–Trinajstić information content (AvgIpc) is 2.85. The van der Waals surface area contributed by atoms with Gasteiger partial charge >= 0.3 is 0 Å². The van der Waals surface area contributed by atoms with Crippen LogP contribution in [0.15, 0.2) is 18.7 Å². The molecule has 0 radical (unpaired) electrons. The first kappa shape index (κ1) is 11.6. The zero-order valence-electron chi connectivity index (χ0n) is 10.6. The molecule has 1 aromatic rings. The third kappa shape index (κ3) is 2.46. The van der Waals surface area contributed by atoms with E-state index in [1.165, 1.54) is 19.3 Å². The maximum absolute atomic E-state index is 4.15. The first-order chi connectivity index (χ1) is 7.68. The van der Waals surface area contributed by atoms with Gasteiger partial charge in [0, 0.05) is 30.5 Å². The Morgan fingerprint density at radius 3 is 2.75 bits per heavy atom. The predicted molar refractivity (Wildman–Crippen MR) is 66.3 cm³/mol. The van der Waals surface area contributed by atoms with Crippen molar-refractivity contribution in [3.05, 3.63) is 18.7 Å². The molecule has 0 spiro atoms. The highest BCUT2D eigenvalue weighted by Crippen LogP contribution is 2.30. The van der Waals surface area contributed by atoms with Gasteiger partial charge in [0.15, 0.2) is 0 Å².